The molecule has 0 aromatic heterocycles. The van der Waals surface area contributed by atoms with Crippen LogP contribution in [0.5, 0.6) is 0 Å². The molecule has 2 unspecified atom stereocenters. The van der Waals surface area contributed by atoms with Crippen molar-refractivity contribution in [3.05, 3.63) is 0 Å². The number of carboxylic acid groups (broad SMARTS) is 1. The summed E-state index contributed by atoms with van der Waals surface area (Å²) in [6, 6.07) is -1.42. The van der Waals surface area contributed by atoms with Crippen molar-refractivity contribution >= 4 is 17.9 Å². The van der Waals surface area contributed by atoms with Crippen molar-refractivity contribution in [2.45, 2.75) is 46.1 Å². The summed E-state index contributed by atoms with van der Waals surface area (Å²) < 4.78 is 0. The van der Waals surface area contributed by atoms with Crippen molar-refractivity contribution in [1.29, 1.82) is 0 Å². The molecule has 0 spiro atoms. The van der Waals surface area contributed by atoms with Gasteiger partial charge in [-0.3, -0.25) is 9.59 Å². The number of amides is 3. The number of carbonyl (C=O) groups is 3. The van der Waals surface area contributed by atoms with E-state index in [2.05, 4.69) is 10.6 Å². The van der Waals surface area contributed by atoms with E-state index in [0.717, 1.165) is 0 Å². The molecule has 0 bridgehead atoms. The molecule has 7 heteroatoms. The molecule has 0 saturated heterocycles. The van der Waals surface area contributed by atoms with E-state index in [4.69, 9.17) is 10.8 Å². The Balaban J connectivity index is 4.07. The lowest BCUT2D eigenvalue weighted by molar-refractivity contribution is -0.137. The average molecular weight is 287 g/mol. The van der Waals surface area contributed by atoms with Gasteiger partial charge in [0.2, 0.25) is 5.91 Å². The summed E-state index contributed by atoms with van der Waals surface area (Å²) in [7, 11) is 0. The van der Waals surface area contributed by atoms with Gasteiger partial charge in [0.05, 0.1) is 0 Å². The van der Waals surface area contributed by atoms with E-state index in [-0.39, 0.29) is 18.2 Å². The first-order valence-corrected chi connectivity index (χ1v) is 6.79. The Kier molecular flexibility index (Phi) is 8.35. The highest BCUT2D eigenvalue weighted by molar-refractivity contribution is 5.86. The maximum absolute atomic E-state index is 11.6. The van der Waals surface area contributed by atoms with E-state index >= 15 is 0 Å². The van der Waals surface area contributed by atoms with Gasteiger partial charge in [-0.15, -0.1) is 0 Å². The molecule has 3 amide bonds. The monoisotopic (exact) mass is 287 g/mol. The molecule has 0 aliphatic heterocycles. The van der Waals surface area contributed by atoms with Crippen molar-refractivity contribution in [2.75, 3.05) is 6.54 Å². The van der Waals surface area contributed by atoms with E-state index in [9.17, 15) is 14.4 Å². The molecule has 0 heterocycles. The Hall–Kier alpha value is -1.79. The number of hydrogen-bond donors (Lipinski definition) is 4. The van der Waals surface area contributed by atoms with Crippen LogP contribution in [0.3, 0.4) is 0 Å². The van der Waals surface area contributed by atoms with Gasteiger partial charge in [0, 0.05) is 13.0 Å². The highest BCUT2D eigenvalue weighted by Gasteiger charge is 2.17. The van der Waals surface area contributed by atoms with Gasteiger partial charge in [0.25, 0.3) is 0 Å². The minimum atomic E-state index is -0.807. The molecule has 0 saturated carbocycles. The predicted molar refractivity (Wildman–Crippen MR) is 75.0 cm³/mol. The fourth-order valence-corrected chi connectivity index (χ4v) is 1.93. The molecular formula is C13H25N3O4. The van der Waals surface area contributed by atoms with Crippen LogP contribution in [0.25, 0.3) is 0 Å². The summed E-state index contributed by atoms with van der Waals surface area (Å²) in [5.74, 6) is -0.512. The van der Waals surface area contributed by atoms with Crippen LogP contribution in [0.4, 0.5) is 4.79 Å². The number of aliphatic carboxylic acids is 1. The Bertz CT molecular complexity index is 345. The van der Waals surface area contributed by atoms with Gasteiger partial charge in [0.1, 0.15) is 6.04 Å². The number of nitrogens with one attached hydrogen (secondary N) is 2. The number of nitrogens with two attached hydrogens (primary N) is 1. The number of primary amides is 1. The second kappa shape index (κ2) is 9.17. The summed E-state index contributed by atoms with van der Waals surface area (Å²) in [6.45, 7) is 6.06. The summed E-state index contributed by atoms with van der Waals surface area (Å²) in [6.07, 6.45) is 1.44. The van der Waals surface area contributed by atoms with E-state index in [0.29, 0.717) is 25.3 Å². The second-order valence-corrected chi connectivity index (χ2v) is 5.25. The number of urea groups is 1. The topological polar surface area (TPSA) is 122 Å². The highest BCUT2D eigenvalue weighted by Crippen LogP contribution is 2.20. The SMILES string of the molecule is CC(NC(N)=O)C(=O)NCCC(CCC(=O)O)C(C)C. The molecule has 0 rings (SSSR count). The molecule has 0 aliphatic carbocycles. The smallest absolute Gasteiger partial charge is 0.312 e. The van der Waals surface area contributed by atoms with Gasteiger partial charge in [0.15, 0.2) is 0 Å². The average Bonchev–Trinajstić information content (AvgIpc) is 2.31. The molecule has 5 N–H and O–H groups in total. The van der Waals surface area contributed by atoms with Gasteiger partial charge in [-0.05, 0) is 31.6 Å². The summed E-state index contributed by atoms with van der Waals surface area (Å²) in [5.41, 5.74) is 4.93. The van der Waals surface area contributed by atoms with Crippen LogP contribution in [-0.4, -0.2) is 35.6 Å². The van der Waals surface area contributed by atoms with E-state index < -0.39 is 18.0 Å². The van der Waals surface area contributed by atoms with Crippen LogP contribution in [0.15, 0.2) is 0 Å². The molecule has 0 fully saturated rings. The van der Waals surface area contributed by atoms with Crippen LogP contribution in [0, 0.1) is 11.8 Å². The standard InChI is InChI=1S/C13H25N3O4/c1-8(2)10(4-5-11(17)18)6-7-15-12(19)9(3)16-13(14)20/h8-10H,4-7H2,1-3H3,(H,15,19)(H,17,18)(H3,14,16,20). The zero-order valence-corrected chi connectivity index (χ0v) is 12.3. The fourth-order valence-electron chi connectivity index (χ4n) is 1.93. The molecule has 0 aromatic carbocycles. The number of hydrogen-bond acceptors (Lipinski definition) is 3. The lowest BCUT2D eigenvalue weighted by Gasteiger charge is -2.21. The van der Waals surface area contributed by atoms with Crippen LogP contribution < -0.4 is 16.4 Å². The van der Waals surface area contributed by atoms with Crippen LogP contribution in [0.1, 0.15) is 40.0 Å². The first-order chi connectivity index (χ1) is 9.23. The Morgan fingerprint density at radius 2 is 1.75 bits per heavy atom. The van der Waals surface area contributed by atoms with Crippen molar-refractivity contribution in [3.63, 3.8) is 0 Å². The Morgan fingerprint density at radius 3 is 2.20 bits per heavy atom. The third kappa shape index (κ3) is 8.34. The minimum absolute atomic E-state index is 0.135. The fraction of sp³-hybridized carbons (Fsp3) is 0.769. The third-order valence-electron chi connectivity index (χ3n) is 3.24. The van der Waals surface area contributed by atoms with Crippen molar-refractivity contribution in [3.8, 4) is 0 Å². The zero-order valence-electron chi connectivity index (χ0n) is 12.3. The molecule has 2 atom stereocenters. The number of carbonyl (C=O) groups excluding carboxylic acids is 2. The van der Waals surface area contributed by atoms with Gasteiger partial charge < -0.3 is 21.5 Å². The van der Waals surface area contributed by atoms with Crippen molar-refractivity contribution in [2.24, 2.45) is 17.6 Å². The second-order valence-electron chi connectivity index (χ2n) is 5.25. The molecule has 0 aromatic rings. The predicted octanol–water partition coefficient (Wildman–Crippen LogP) is 0.686. The molecule has 116 valence electrons. The Morgan fingerprint density at radius 1 is 1.15 bits per heavy atom. The molecule has 20 heavy (non-hydrogen) atoms. The summed E-state index contributed by atoms with van der Waals surface area (Å²) in [5, 5.41) is 13.7. The minimum Gasteiger partial charge on any atom is -0.481 e. The van der Waals surface area contributed by atoms with Gasteiger partial charge >= 0.3 is 12.0 Å². The van der Waals surface area contributed by atoms with Crippen LogP contribution in [0.2, 0.25) is 0 Å². The van der Waals surface area contributed by atoms with Gasteiger partial charge in [-0.2, -0.15) is 0 Å². The lowest BCUT2D eigenvalue weighted by atomic mass is 9.88. The van der Waals surface area contributed by atoms with Gasteiger partial charge in [-0.1, -0.05) is 13.8 Å². The lowest BCUT2D eigenvalue weighted by Crippen LogP contribution is -2.47. The summed E-state index contributed by atoms with van der Waals surface area (Å²) in [4.78, 5) is 32.8. The third-order valence-corrected chi connectivity index (χ3v) is 3.24. The highest BCUT2D eigenvalue weighted by atomic mass is 16.4. The molecule has 7 nitrogen and oxygen atoms in total. The number of rotatable bonds is 9. The zero-order chi connectivity index (χ0) is 15.7. The maximum atomic E-state index is 11.6. The maximum Gasteiger partial charge on any atom is 0.312 e. The normalized spacial score (nSPS) is 13.6. The molecule has 0 radical (unpaired) electrons. The quantitative estimate of drug-likeness (QED) is 0.498. The first-order valence-electron chi connectivity index (χ1n) is 6.79. The van der Waals surface area contributed by atoms with E-state index in [1.807, 2.05) is 13.8 Å². The van der Waals surface area contributed by atoms with E-state index in [1.54, 1.807) is 6.92 Å². The van der Waals surface area contributed by atoms with Crippen molar-refractivity contribution in [1.82, 2.24) is 10.6 Å². The first kappa shape index (κ1) is 18.2. The largest absolute Gasteiger partial charge is 0.481 e. The van der Waals surface area contributed by atoms with Crippen LogP contribution >= 0.6 is 0 Å². The van der Waals surface area contributed by atoms with Crippen LogP contribution in [-0.2, 0) is 9.59 Å². The van der Waals surface area contributed by atoms with Gasteiger partial charge in [-0.25, -0.2) is 4.79 Å². The molecule has 0 aliphatic rings. The number of carboxylic acids is 1. The molecular weight excluding hydrogens is 262 g/mol. The van der Waals surface area contributed by atoms with E-state index in [1.165, 1.54) is 0 Å². The summed E-state index contributed by atoms with van der Waals surface area (Å²) >= 11 is 0. The van der Waals surface area contributed by atoms with Crippen molar-refractivity contribution < 1.29 is 19.5 Å². The Labute approximate surface area is 119 Å².